The van der Waals surface area contributed by atoms with E-state index >= 15 is 0 Å². The minimum absolute atomic E-state index is 0.196. The quantitative estimate of drug-likeness (QED) is 0.745. The smallest absolute Gasteiger partial charge is 0.227 e. The van der Waals surface area contributed by atoms with E-state index in [4.69, 9.17) is 5.73 Å². The van der Waals surface area contributed by atoms with Crippen LogP contribution in [0.15, 0.2) is 0 Å². The monoisotopic (exact) mass is 268 g/mol. The fourth-order valence-corrected chi connectivity index (χ4v) is 3.50. The molecule has 1 rings (SSSR count). The van der Waals surface area contributed by atoms with Crippen LogP contribution >= 0.6 is 0 Å². The fraction of sp³-hybridized carbons (Fsp3) is 0.938. The topological polar surface area (TPSA) is 55.1 Å². The second-order valence-corrected chi connectivity index (χ2v) is 7.06. The van der Waals surface area contributed by atoms with Gasteiger partial charge in [-0.05, 0) is 37.5 Å². The van der Waals surface area contributed by atoms with Crippen LogP contribution in [0.1, 0.15) is 72.6 Å². The summed E-state index contributed by atoms with van der Waals surface area (Å²) in [6.45, 7) is 9.30. The molecule has 0 heterocycles. The first-order valence-corrected chi connectivity index (χ1v) is 7.90. The number of carbonyl (C=O) groups is 1. The number of rotatable bonds is 7. The lowest BCUT2D eigenvalue weighted by Gasteiger charge is -2.32. The van der Waals surface area contributed by atoms with Crippen LogP contribution in [-0.2, 0) is 4.79 Å². The molecule has 0 bridgehead atoms. The van der Waals surface area contributed by atoms with Gasteiger partial charge in [0.1, 0.15) is 0 Å². The standard InChI is InChI=1S/C16H32N2O/c1-5-8-16(12-17,9-6-2)14(19)18-13-7-10-15(3,4)11-13/h13H,5-12,17H2,1-4H3,(H,18,19). The molecule has 1 amide bonds. The van der Waals surface area contributed by atoms with Crippen LogP contribution in [0.5, 0.6) is 0 Å². The van der Waals surface area contributed by atoms with Crippen LogP contribution < -0.4 is 11.1 Å². The summed E-state index contributed by atoms with van der Waals surface area (Å²) >= 11 is 0. The number of carbonyl (C=O) groups excluding carboxylic acids is 1. The number of nitrogens with two attached hydrogens (primary N) is 1. The van der Waals surface area contributed by atoms with Crippen LogP contribution in [0.3, 0.4) is 0 Å². The maximum atomic E-state index is 12.7. The summed E-state index contributed by atoms with van der Waals surface area (Å²) in [5.74, 6) is 0.196. The zero-order chi connectivity index (χ0) is 14.5. The maximum absolute atomic E-state index is 12.7. The molecule has 112 valence electrons. The zero-order valence-electron chi connectivity index (χ0n) is 13.2. The summed E-state index contributed by atoms with van der Waals surface area (Å²) in [7, 11) is 0. The van der Waals surface area contributed by atoms with Gasteiger partial charge in [0.25, 0.3) is 0 Å². The molecule has 3 nitrogen and oxygen atoms in total. The second-order valence-electron chi connectivity index (χ2n) is 7.06. The van der Waals surface area contributed by atoms with E-state index in [9.17, 15) is 4.79 Å². The number of hydrogen-bond acceptors (Lipinski definition) is 2. The van der Waals surface area contributed by atoms with E-state index in [1.54, 1.807) is 0 Å². The number of nitrogens with one attached hydrogen (secondary N) is 1. The van der Waals surface area contributed by atoms with Crippen molar-refractivity contribution < 1.29 is 4.79 Å². The van der Waals surface area contributed by atoms with Crippen LogP contribution in [0.4, 0.5) is 0 Å². The lowest BCUT2D eigenvalue weighted by Crippen LogP contribution is -2.49. The van der Waals surface area contributed by atoms with Gasteiger partial charge in [-0.2, -0.15) is 0 Å². The molecule has 0 aromatic heterocycles. The maximum Gasteiger partial charge on any atom is 0.227 e. The van der Waals surface area contributed by atoms with Crippen LogP contribution in [-0.4, -0.2) is 18.5 Å². The van der Waals surface area contributed by atoms with Gasteiger partial charge in [-0.1, -0.05) is 40.5 Å². The first-order chi connectivity index (χ1) is 8.89. The summed E-state index contributed by atoms with van der Waals surface area (Å²) in [6, 6.07) is 0.349. The first-order valence-electron chi connectivity index (χ1n) is 7.90. The average molecular weight is 268 g/mol. The Morgan fingerprint density at radius 3 is 2.26 bits per heavy atom. The van der Waals surface area contributed by atoms with Gasteiger partial charge in [-0.3, -0.25) is 4.79 Å². The molecule has 3 N–H and O–H groups in total. The van der Waals surface area contributed by atoms with Crippen LogP contribution in [0.2, 0.25) is 0 Å². The first kappa shape index (κ1) is 16.5. The van der Waals surface area contributed by atoms with Crippen molar-refractivity contribution in [2.75, 3.05) is 6.54 Å². The highest BCUT2D eigenvalue weighted by Crippen LogP contribution is 2.38. The van der Waals surface area contributed by atoms with Gasteiger partial charge in [0.15, 0.2) is 0 Å². The molecule has 19 heavy (non-hydrogen) atoms. The molecule has 0 aromatic carbocycles. The Labute approximate surface area is 118 Å². The van der Waals surface area contributed by atoms with Crippen LogP contribution in [0, 0.1) is 10.8 Å². The van der Waals surface area contributed by atoms with Crippen molar-refractivity contribution in [1.82, 2.24) is 5.32 Å². The molecule has 0 radical (unpaired) electrons. The number of hydrogen-bond donors (Lipinski definition) is 2. The highest BCUT2D eigenvalue weighted by atomic mass is 16.2. The minimum Gasteiger partial charge on any atom is -0.353 e. The Morgan fingerprint density at radius 2 is 1.89 bits per heavy atom. The summed E-state index contributed by atoms with van der Waals surface area (Å²) < 4.78 is 0. The van der Waals surface area contributed by atoms with E-state index in [0.717, 1.165) is 38.5 Å². The molecule has 1 aliphatic rings. The Balaban J connectivity index is 2.67. The third-order valence-corrected chi connectivity index (χ3v) is 4.63. The summed E-state index contributed by atoms with van der Waals surface area (Å²) in [4.78, 5) is 12.7. The molecule has 0 saturated heterocycles. The molecule has 0 aromatic rings. The molecular weight excluding hydrogens is 236 g/mol. The summed E-state index contributed by atoms with van der Waals surface area (Å²) in [5, 5.41) is 3.28. The Bertz CT molecular complexity index is 293. The van der Waals surface area contributed by atoms with E-state index in [0.29, 0.717) is 18.0 Å². The molecule has 1 saturated carbocycles. The normalized spacial score (nSPS) is 22.5. The Kier molecular flexibility index (Phi) is 5.84. The van der Waals surface area contributed by atoms with Crippen molar-refractivity contribution in [3.8, 4) is 0 Å². The van der Waals surface area contributed by atoms with Crippen molar-refractivity contribution >= 4 is 5.91 Å². The van der Waals surface area contributed by atoms with Crippen molar-refractivity contribution in [1.29, 1.82) is 0 Å². The van der Waals surface area contributed by atoms with E-state index in [-0.39, 0.29) is 11.3 Å². The predicted octanol–water partition coefficient (Wildman–Crippen LogP) is 3.23. The summed E-state index contributed by atoms with van der Waals surface area (Å²) in [6.07, 6.45) is 7.24. The van der Waals surface area contributed by atoms with E-state index in [2.05, 4.69) is 33.0 Å². The molecule has 0 aliphatic heterocycles. The molecule has 1 fully saturated rings. The van der Waals surface area contributed by atoms with E-state index < -0.39 is 0 Å². The SMILES string of the molecule is CCCC(CN)(CCC)C(=O)NC1CCC(C)(C)C1. The molecule has 1 unspecified atom stereocenters. The zero-order valence-corrected chi connectivity index (χ0v) is 13.2. The number of amides is 1. The molecule has 1 aliphatic carbocycles. The molecular formula is C16H32N2O. The van der Waals surface area contributed by atoms with Gasteiger partial charge < -0.3 is 11.1 Å². The summed E-state index contributed by atoms with van der Waals surface area (Å²) in [5.41, 5.74) is 5.98. The van der Waals surface area contributed by atoms with Gasteiger partial charge in [-0.15, -0.1) is 0 Å². The third-order valence-electron chi connectivity index (χ3n) is 4.63. The minimum atomic E-state index is -0.337. The van der Waals surface area contributed by atoms with Crippen molar-refractivity contribution in [3.63, 3.8) is 0 Å². The molecule has 3 heteroatoms. The van der Waals surface area contributed by atoms with E-state index in [1.165, 1.54) is 6.42 Å². The van der Waals surface area contributed by atoms with Gasteiger partial charge in [-0.25, -0.2) is 0 Å². The molecule has 1 atom stereocenters. The molecule has 0 spiro atoms. The second kappa shape index (κ2) is 6.74. The van der Waals surface area contributed by atoms with Crippen molar-refractivity contribution in [2.45, 2.75) is 78.7 Å². The largest absolute Gasteiger partial charge is 0.353 e. The van der Waals surface area contributed by atoms with E-state index in [1.807, 2.05) is 0 Å². The fourth-order valence-electron chi connectivity index (χ4n) is 3.50. The Hall–Kier alpha value is -0.570. The lowest BCUT2D eigenvalue weighted by molar-refractivity contribution is -0.132. The lowest BCUT2D eigenvalue weighted by atomic mass is 9.78. The van der Waals surface area contributed by atoms with Gasteiger partial charge in [0, 0.05) is 12.6 Å². The van der Waals surface area contributed by atoms with Crippen molar-refractivity contribution in [2.24, 2.45) is 16.6 Å². The Morgan fingerprint density at radius 1 is 1.32 bits per heavy atom. The third kappa shape index (κ3) is 4.20. The van der Waals surface area contributed by atoms with Crippen LogP contribution in [0.25, 0.3) is 0 Å². The van der Waals surface area contributed by atoms with Gasteiger partial charge >= 0.3 is 0 Å². The van der Waals surface area contributed by atoms with Gasteiger partial charge in [0.05, 0.1) is 5.41 Å². The van der Waals surface area contributed by atoms with Crippen molar-refractivity contribution in [3.05, 3.63) is 0 Å². The average Bonchev–Trinajstić information content (AvgIpc) is 2.68. The highest BCUT2D eigenvalue weighted by molar-refractivity contribution is 5.83. The van der Waals surface area contributed by atoms with Gasteiger partial charge in [0.2, 0.25) is 5.91 Å². The predicted molar refractivity (Wildman–Crippen MR) is 80.9 cm³/mol. The highest BCUT2D eigenvalue weighted by Gasteiger charge is 2.38.